The summed E-state index contributed by atoms with van der Waals surface area (Å²) in [6.45, 7) is 7.80. The van der Waals surface area contributed by atoms with Crippen LogP contribution in [0, 0.1) is 6.92 Å². The average molecular weight is 194 g/mol. The summed E-state index contributed by atoms with van der Waals surface area (Å²) in [5.41, 5.74) is 3.91. The Hall–Kier alpha value is -1.06. The molecule has 0 aliphatic rings. The van der Waals surface area contributed by atoms with Crippen LogP contribution in [0.25, 0.3) is 0 Å². The normalized spacial score (nSPS) is 12.8. The summed E-state index contributed by atoms with van der Waals surface area (Å²) in [6.07, 6.45) is 1.87. The lowest BCUT2D eigenvalue weighted by Crippen LogP contribution is -2.27. The van der Waals surface area contributed by atoms with Crippen molar-refractivity contribution in [3.63, 3.8) is 0 Å². The van der Waals surface area contributed by atoms with Crippen molar-refractivity contribution in [2.75, 3.05) is 0 Å². The summed E-state index contributed by atoms with van der Waals surface area (Å²) < 4.78 is 5.50. The number of hydrogen-bond acceptors (Lipinski definition) is 3. The van der Waals surface area contributed by atoms with Crippen molar-refractivity contribution in [2.45, 2.75) is 32.7 Å². The van der Waals surface area contributed by atoms with Crippen molar-refractivity contribution in [1.82, 2.24) is 5.43 Å². The molecule has 0 aliphatic carbocycles. The third-order valence-electron chi connectivity index (χ3n) is 2.17. The second kappa shape index (κ2) is 4.98. The van der Waals surface area contributed by atoms with E-state index in [-0.39, 0.29) is 6.04 Å². The number of aryl methyl sites for hydroxylation is 1. The smallest absolute Gasteiger partial charge is 0.122 e. The number of hydrogen-bond donors (Lipinski definition) is 2. The Bertz CT molecular complexity index is 304. The number of nitrogens with two attached hydrogens (primary N) is 1. The van der Waals surface area contributed by atoms with Gasteiger partial charge in [0.15, 0.2) is 0 Å². The van der Waals surface area contributed by atoms with Gasteiger partial charge in [-0.25, -0.2) is 5.43 Å². The van der Waals surface area contributed by atoms with E-state index in [2.05, 4.69) is 12.0 Å². The van der Waals surface area contributed by atoms with Gasteiger partial charge >= 0.3 is 0 Å². The third-order valence-corrected chi connectivity index (χ3v) is 2.17. The molecule has 0 radical (unpaired) electrons. The first-order valence-electron chi connectivity index (χ1n) is 4.80. The Morgan fingerprint density at radius 1 is 1.64 bits per heavy atom. The Kier molecular flexibility index (Phi) is 3.92. The van der Waals surface area contributed by atoms with Crippen molar-refractivity contribution < 1.29 is 4.42 Å². The van der Waals surface area contributed by atoms with Crippen LogP contribution in [0.1, 0.15) is 37.3 Å². The largest absolute Gasteiger partial charge is 0.465 e. The number of hydrazine groups is 1. The lowest BCUT2D eigenvalue weighted by molar-refractivity contribution is 0.390. The van der Waals surface area contributed by atoms with E-state index in [1.165, 1.54) is 0 Å². The molecule has 0 bridgehead atoms. The van der Waals surface area contributed by atoms with Crippen molar-refractivity contribution in [2.24, 2.45) is 5.84 Å². The van der Waals surface area contributed by atoms with Gasteiger partial charge in [-0.05, 0) is 38.8 Å². The van der Waals surface area contributed by atoms with Gasteiger partial charge < -0.3 is 4.42 Å². The van der Waals surface area contributed by atoms with Crippen molar-refractivity contribution in [3.05, 3.63) is 35.8 Å². The van der Waals surface area contributed by atoms with Gasteiger partial charge in [0.05, 0.1) is 6.04 Å². The molecule has 1 aromatic heterocycles. The van der Waals surface area contributed by atoms with Crippen LogP contribution in [-0.2, 0) is 0 Å². The molecule has 1 heterocycles. The molecule has 1 unspecified atom stereocenters. The van der Waals surface area contributed by atoms with Crippen LogP contribution in [0.5, 0.6) is 0 Å². The van der Waals surface area contributed by atoms with Gasteiger partial charge in [0.25, 0.3) is 0 Å². The maximum atomic E-state index is 5.50. The zero-order valence-electron chi connectivity index (χ0n) is 8.84. The second-order valence-electron chi connectivity index (χ2n) is 3.66. The zero-order valence-corrected chi connectivity index (χ0v) is 8.84. The van der Waals surface area contributed by atoms with Crippen LogP contribution in [0.3, 0.4) is 0 Å². The molecule has 3 heteroatoms. The number of rotatable bonds is 5. The molecule has 0 saturated carbocycles. The molecular weight excluding hydrogens is 176 g/mol. The summed E-state index contributed by atoms with van der Waals surface area (Å²) in [5, 5.41) is 0. The average Bonchev–Trinajstić information content (AvgIpc) is 2.53. The fourth-order valence-electron chi connectivity index (χ4n) is 1.34. The van der Waals surface area contributed by atoms with E-state index in [9.17, 15) is 0 Å². The number of furan rings is 1. The Labute approximate surface area is 85.0 Å². The molecule has 3 nitrogen and oxygen atoms in total. The maximum absolute atomic E-state index is 5.50. The molecule has 0 aliphatic heterocycles. The molecular formula is C11H18N2O. The minimum atomic E-state index is 0.0837. The maximum Gasteiger partial charge on any atom is 0.122 e. The summed E-state index contributed by atoms with van der Waals surface area (Å²) in [5.74, 6) is 7.27. The predicted molar refractivity (Wildman–Crippen MR) is 57.6 cm³/mol. The van der Waals surface area contributed by atoms with E-state index in [0.717, 1.165) is 29.9 Å². The molecule has 0 aromatic carbocycles. The van der Waals surface area contributed by atoms with Crippen molar-refractivity contribution in [3.8, 4) is 0 Å². The van der Waals surface area contributed by atoms with Gasteiger partial charge in [-0.15, -0.1) is 6.58 Å². The molecule has 1 aromatic rings. The van der Waals surface area contributed by atoms with Crippen molar-refractivity contribution >= 4 is 0 Å². The van der Waals surface area contributed by atoms with E-state index in [1.807, 2.05) is 26.0 Å². The quantitative estimate of drug-likeness (QED) is 0.430. The third kappa shape index (κ3) is 3.01. The van der Waals surface area contributed by atoms with Crippen LogP contribution in [-0.4, -0.2) is 0 Å². The monoisotopic (exact) mass is 194 g/mol. The Morgan fingerprint density at radius 2 is 2.36 bits per heavy atom. The first kappa shape index (κ1) is 11.0. The highest BCUT2D eigenvalue weighted by Crippen LogP contribution is 2.21. The molecule has 0 saturated heterocycles. The highest BCUT2D eigenvalue weighted by Gasteiger charge is 2.12. The molecule has 1 rings (SSSR count). The fourth-order valence-corrected chi connectivity index (χ4v) is 1.34. The first-order valence-corrected chi connectivity index (χ1v) is 4.80. The summed E-state index contributed by atoms with van der Waals surface area (Å²) in [7, 11) is 0. The highest BCUT2D eigenvalue weighted by atomic mass is 16.3. The van der Waals surface area contributed by atoms with Crippen LogP contribution in [0.2, 0.25) is 0 Å². The van der Waals surface area contributed by atoms with Gasteiger partial charge in [0.2, 0.25) is 0 Å². The van der Waals surface area contributed by atoms with E-state index in [0.29, 0.717) is 0 Å². The highest BCUT2D eigenvalue weighted by molar-refractivity contribution is 5.10. The topological polar surface area (TPSA) is 51.2 Å². The molecule has 14 heavy (non-hydrogen) atoms. The first-order chi connectivity index (χ1) is 6.63. The molecule has 0 spiro atoms. The minimum Gasteiger partial charge on any atom is -0.465 e. The molecule has 3 N–H and O–H groups in total. The van der Waals surface area contributed by atoms with Crippen LogP contribution >= 0.6 is 0 Å². The van der Waals surface area contributed by atoms with Gasteiger partial charge in [-0.3, -0.25) is 5.84 Å². The van der Waals surface area contributed by atoms with Gasteiger partial charge in [0.1, 0.15) is 11.5 Å². The second-order valence-corrected chi connectivity index (χ2v) is 3.66. The van der Waals surface area contributed by atoms with Crippen LogP contribution in [0.4, 0.5) is 0 Å². The fraction of sp³-hybridized carbons (Fsp3) is 0.455. The Balaban J connectivity index is 2.58. The number of allylic oxidation sites excluding steroid dienone is 1. The summed E-state index contributed by atoms with van der Waals surface area (Å²) in [6, 6.07) is 3.99. The van der Waals surface area contributed by atoms with E-state index < -0.39 is 0 Å². The van der Waals surface area contributed by atoms with Gasteiger partial charge in [0, 0.05) is 0 Å². The summed E-state index contributed by atoms with van der Waals surface area (Å²) in [4.78, 5) is 0. The predicted octanol–water partition coefficient (Wildman–Crippen LogP) is 2.45. The Morgan fingerprint density at radius 3 is 2.79 bits per heavy atom. The van der Waals surface area contributed by atoms with Crippen molar-refractivity contribution in [1.29, 1.82) is 0 Å². The van der Waals surface area contributed by atoms with Gasteiger partial charge in [-0.1, -0.05) is 5.57 Å². The zero-order chi connectivity index (χ0) is 10.6. The van der Waals surface area contributed by atoms with Crippen LogP contribution in [0.15, 0.2) is 28.7 Å². The SMILES string of the molecule is C=C(C)CCC(NN)c1ccc(C)o1. The molecule has 0 amide bonds. The van der Waals surface area contributed by atoms with Crippen LogP contribution < -0.4 is 11.3 Å². The minimum absolute atomic E-state index is 0.0837. The van der Waals surface area contributed by atoms with E-state index in [4.69, 9.17) is 10.3 Å². The molecule has 1 atom stereocenters. The lowest BCUT2D eigenvalue weighted by Gasteiger charge is -2.12. The molecule has 0 fully saturated rings. The summed E-state index contributed by atoms with van der Waals surface area (Å²) >= 11 is 0. The standard InChI is InChI=1S/C11H18N2O/c1-8(2)4-6-10(13-12)11-7-5-9(3)14-11/h5,7,10,13H,1,4,6,12H2,2-3H3. The molecule has 78 valence electrons. The lowest BCUT2D eigenvalue weighted by atomic mass is 10.1. The van der Waals surface area contributed by atoms with E-state index >= 15 is 0 Å². The van der Waals surface area contributed by atoms with Gasteiger partial charge in [-0.2, -0.15) is 0 Å². The number of nitrogens with one attached hydrogen (secondary N) is 1. The van der Waals surface area contributed by atoms with E-state index in [1.54, 1.807) is 0 Å².